The molecule has 148 valence electrons. The highest BCUT2D eigenvalue weighted by Gasteiger charge is 2.15. The topological polar surface area (TPSA) is 73.2 Å². The summed E-state index contributed by atoms with van der Waals surface area (Å²) in [4.78, 5) is 0.184. The van der Waals surface area contributed by atoms with Gasteiger partial charge in [-0.3, -0.25) is 9.40 Å². The summed E-state index contributed by atoms with van der Waals surface area (Å²) in [6, 6.07) is 13.7. The van der Waals surface area contributed by atoms with E-state index in [1.807, 2.05) is 43.7 Å². The maximum absolute atomic E-state index is 12.7. The molecule has 1 aromatic heterocycles. The predicted octanol–water partition coefficient (Wildman–Crippen LogP) is 4.51. The highest BCUT2D eigenvalue weighted by Crippen LogP contribution is 2.23. The van der Waals surface area contributed by atoms with Crippen LogP contribution in [0.25, 0.3) is 0 Å². The summed E-state index contributed by atoms with van der Waals surface area (Å²) < 4.78 is 36.2. The average molecular weight is 464 g/mol. The van der Waals surface area contributed by atoms with Gasteiger partial charge in [-0.15, -0.1) is 0 Å². The van der Waals surface area contributed by atoms with Gasteiger partial charge in [0.2, 0.25) is 0 Å². The molecule has 0 fully saturated rings. The Morgan fingerprint density at radius 3 is 2.46 bits per heavy atom. The van der Waals surface area contributed by atoms with Crippen LogP contribution in [0.3, 0.4) is 0 Å². The Bertz CT molecular complexity index is 1080. The van der Waals surface area contributed by atoms with Crippen molar-refractivity contribution in [2.75, 3.05) is 11.3 Å². The van der Waals surface area contributed by atoms with E-state index < -0.39 is 10.0 Å². The fourth-order valence-corrected chi connectivity index (χ4v) is 4.16. The van der Waals surface area contributed by atoms with Gasteiger partial charge in [0, 0.05) is 5.69 Å². The van der Waals surface area contributed by atoms with Crippen molar-refractivity contribution < 1.29 is 13.2 Å². The summed E-state index contributed by atoms with van der Waals surface area (Å²) in [6.07, 6.45) is 0. The number of ether oxygens (including phenoxy) is 1. The zero-order chi connectivity index (χ0) is 20.3. The third-order valence-corrected chi connectivity index (χ3v) is 6.79. The van der Waals surface area contributed by atoms with Crippen molar-refractivity contribution >= 4 is 31.6 Å². The number of benzene rings is 2. The van der Waals surface area contributed by atoms with Crippen LogP contribution in [0.1, 0.15) is 23.9 Å². The Balaban J connectivity index is 1.78. The summed E-state index contributed by atoms with van der Waals surface area (Å²) in [6.45, 7) is 6.89. The fourth-order valence-electron chi connectivity index (χ4n) is 2.83. The molecule has 0 saturated heterocycles. The van der Waals surface area contributed by atoms with Crippen LogP contribution >= 0.6 is 15.9 Å². The molecular formula is C20H22BrN3O3S. The summed E-state index contributed by atoms with van der Waals surface area (Å²) in [7, 11) is -3.68. The van der Waals surface area contributed by atoms with Gasteiger partial charge in [0.15, 0.2) is 0 Å². The molecular weight excluding hydrogens is 442 g/mol. The van der Waals surface area contributed by atoms with Gasteiger partial charge in [-0.1, -0.05) is 12.1 Å². The van der Waals surface area contributed by atoms with Gasteiger partial charge in [0.05, 0.1) is 33.9 Å². The van der Waals surface area contributed by atoms with Gasteiger partial charge >= 0.3 is 0 Å². The Morgan fingerprint density at radius 2 is 1.86 bits per heavy atom. The molecule has 1 heterocycles. The van der Waals surface area contributed by atoms with Gasteiger partial charge in [0.25, 0.3) is 10.0 Å². The molecule has 0 bridgehead atoms. The van der Waals surface area contributed by atoms with Gasteiger partial charge in [-0.2, -0.15) is 5.10 Å². The van der Waals surface area contributed by atoms with Crippen LogP contribution in [0.5, 0.6) is 5.75 Å². The molecule has 0 spiro atoms. The van der Waals surface area contributed by atoms with Crippen LogP contribution < -0.4 is 9.46 Å². The number of hydrogen-bond donors (Lipinski definition) is 1. The van der Waals surface area contributed by atoms with E-state index in [0.717, 1.165) is 21.4 Å². The quantitative estimate of drug-likeness (QED) is 0.559. The highest BCUT2D eigenvalue weighted by molar-refractivity contribution is 9.10. The number of aryl methyl sites for hydroxylation is 1. The zero-order valence-corrected chi connectivity index (χ0v) is 18.3. The van der Waals surface area contributed by atoms with Crippen LogP contribution in [-0.4, -0.2) is 24.8 Å². The van der Waals surface area contributed by atoms with Crippen LogP contribution in [0.2, 0.25) is 0 Å². The van der Waals surface area contributed by atoms with E-state index in [9.17, 15) is 8.42 Å². The molecule has 0 aliphatic heterocycles. The van der Waals surface area contributed by atoms with Crippen molar-refractivity contribution in [3.63, 3.8) is 0 Å². The average Bonchev–Trinajstić information content (AvgIpc) is 2.89. The smallest absolute Gasteiger partial charge is 0.261 e. The van der Waals surface area contributed by atoms with Crippen LogP contribution in [0.4, 0.5) is 5.69 Å². The third kappa shape index (κ3) is 4.56. The zero-order valence-electron chi connectivity index (χ0n) is 15.9. The molecule has 3 rings (SSSR count). The first-order chi connectivity index (χ1) is 13.3. The normalized spacial score (nSPS) is 11.4. The van der Waals surface area contributed by atoms with Crippen molar-refractivity contribution in [2.45, 2.75) is 32.2 Å². The standard InChI is InChI=1S/C20H22BrN3O3S/c1-4-27-18-8-10-19(11-9-18)28(25,26)23-17-7-5-6-16(12-17)13-24-15(3)20(21)14(2)22-24/h5-12,23H,4,13H2,1-3H3. The van der Waals surface area contributed by atoms with E-state index in [4.69, 9.17) is 4.74 Å². The first-order valence-electron chi connectivity index (χ1n) is 8.84. The maximum atomic E-state index is 12.7. The van der Waals surface area contributed by atoms with Crippen LogP contribution in [0, 0.1) is 13.8 Å². The Morgan fingerprint density at radius 1 is 1.14 bits per heavy atom. The number of sulfonamides is 1. The molecule has 0 atom stereocenters. The van der Waals surface area contributed by atoms with Gasteiger partial charge in [0.1, 0.15) is 5.75 Å². The number of aromatic nitrogens is 2. The molecule has 8 heteroatoms. The first kappa shape index (κ1) is 20.4. The molecule has 0 saturated carbocycles. The largest absolute Gasteiger partial charge is 0.494 e. The molecule has 0 radical (unpaired) electrons. The molecule has 0 aliphatic rings. The van der Waals surface area contributed by atoms with Crippen molar-refractivity contribution in [2.24, 2.45) is 0 Å². The first-order valence-corrected chi connectivity index (χ1v) is 11.1. The summed E-state index contributed by atoms with van der Waals surface area (Å²) in [5.41, 5.74) is 3.40. The maximum Gasteiger partial charge on any atom is 0.261 e. The molecule has 6 nitrogen and oxygen atoms in total. The lowest BCUT2D eigenvalue weighted by molar-refractivity contribution is 0.340. The van der Waals surface area contributed by atoms with Crippen molar-refractivity contribution in [3.05, 3.63) is 70.0 Å². The second-order valence-electron chi connectivity index (χ2n) is 6.35. The van der Waals surface area contributed by atoms with Crippen molar-refractivity contribution in [1.82, 2.24) is 9.78 Å². The van der Waals surface area contributed by atoms with E-state index in [2.05, 4.69) is 25.8 Å². The predicted molar refractivity (Wildman–Crippen MR) is 113 cm³/mol. The minimum absolute atomic E-state index is 0.184. The van der Waals surface area contributed by atoms with Crippen molar-refractivity contribution in [3.8, 4) is 5.75 Å². The molecule has 0 amide bonds. The number of hydrogen-bond acceptors (Lipinski definition) is 4. The Kier molecular flexibility index (Phi) is 6.10. The highest BCUT2D eigenvalue weighted by atomic mass is 79.9. The molecule has 2 aromatic carbocycles. The number of nitrogens with zero attached hydrogens (tertiary/aromatic N) is 2. The van der Waals surface area contributed by atoms with Gasteiger partial charge < -0.3 is 4.74 Å². The summed E-state index contributed by atoms with van der Waals surface area (Å²) in [5, 5.41) is 4.50. The van der Waals surface area contributed by atoms with Crippen LogP contribution in [0.15, 0.2) is 57.9 Å². The van der Waals surface area contributed by atoms with Crippen molar-refractivity contribution in [1.29, 1.82) is 0 Å². The Hall–Kier alpha value is -2.32. The monoisotopic (exact) mass is 463 g/mol. The molecule has 3 aromatic rings. The summed E-state index contributed by atoms with van der Waals surface area (Å²) in [5.74, 6) is 0.638. The second-order valence-corrected chi connectivity index (χ2v) is 8.83. The lowest BCUT2D eigenvalue weighted by Crippen LogP contribution is -2.13. The molecule has 28 heavy (non-hydrogen) atoms. The number of halogens is 1. The molecule has 0 unspecified atom stereocenters. The van der Waals surface area contributed by atoms with Crippen LogP contribution in [-0.2, 0) is 16.6 Å². The minimum Gasteiger partial charge on any atom is -0.494 e. The van der Waals surface area contributed by atoms with E-state index >= 15 is 0 Å². The number of anilines is 1. The van der Waals surface area contributed by atoms with E-state index in [1.54, 1.807) is 18.2 Å². The molecule has 1 N–H and O–H groups in total. The fraction of sp³-hybridized carbons (Fsp3) is 0.250. The number of nitrogens with one attached hydrogen (secondary N) is 1. The van der Waals surface area contributed by atoms with E-state index in [1.165, 1.54) is 12.1 Å². The molecule has 0 aliphatic carbocycles. The van der Waals surface area contributed by atoms with Gasteiger partial charge in [-0.05, 0) is 78.7 Å². The van der Waals surface area contributed by atoms with E-state index in [-0.39, 0.29) is 4.90 Å². The van der Waals surface area contributed by atoms with E-state index in [0.29, 0.717) is 24.6 Å². The minimum atomic E-state index is -3.68. The third-order valence-electron chi connectivity index (χ3n) is 4.25. The SMILES string of the molecule is CCOc1ccc(S(=O)(=O)Nc2cccc(Cn3nc(C)c(Br)c3C)c2)cc1. The lowest BCUT2D eigenvalue weighted by atomic mass is 10.2. The second kappa shape index (κ2) is 8.36. The Labute approximate surface area is 173 Å². The lowest BCUT2D eigenvalue weighted by Gasteiger charge is -2.11. The summed E-state index contributed by atoms with van der Waals surface area (Å²) >= 11 is 3.52. The van der Waals surface area contributed by atoms with Gasteiger partial charge in [-0.25, -0.2) is 8.42 Å². The number of rotatable bonds is 7.